The van der Waals surface area contributed by atoms with Crippen molar-refractivity contribution in [1.29, 1.82) is 0 Å². The van der Waals surface area contributed by atoms with E-state index in [1.54, 1.807) is 17.0 Å². The number of hydrogen-bond acceptors (Lipinski definition) is 2. The first kappa shape index (κ1) is 14.9. The summed E-state index contributed by atoms with van der Waals surface area (Å²) in [5, 5.41) is 1.07. The molecule has 0 bridgehead atoms. The molecular formula is C15H11BrCl2N2O. The van der Waals surface area contributed by atoms with Crippen molar-refractivity contribution < 1.29 is 4.79 Å². The predicted molar refractivity (Wildman–Crippen MR) is 88.8 cm³/mol. The van der Waals surface area contributed by atoms with Gasteiger partial charge in [-0.15, -0.1) is 0 Å². The number of nitrogens with two attached hydrogens (primary N) is 1. The maximum Gasteiger partial charge on any atom is 0.247 e. The van der Waals surface area contributed by atoms with E-state index >= 15 is 0 Å². The standard InChI is InChI=1S/C15H11BrCl2N2O/c16-8-1-4-10(5-2-8)20-14(13(19)15(20)21)11-6-3-9(17)7-12(11)18/h1-7,13-14H,19H2. The Hall–Kier alpha value is -1.07. The highest BCUT2D eigenvalue weighted by molar-refractivity contribution is 9.10. The summed E-state index contributed by atoms with van der Waals surface area (Å²) >= 11 is 15.5. The molecule has 3 nitrogen and oxygen atoms in total. The van der Waals surface area contributed by atoms with Gasteiger partial charge in [-0.1, -0.05) is 45.2 Å². The van der Waals surface area contributed by atoms with Crippen molar-refractivity contribution in [2.24, 2.45) is 5.73 Å². The van der Waals surface area contributed by atoms with Crippen LogP contribution in [0, 0.1) is 0 Å². The Balaban J connectivity index is 2.00. The summed E-state index contributed by atoms with van der Waals surface area (Å²) in [7, 11) is 0. The quantitative estimate of drug-likeness (QED) is 0.788. The fourth-order valence-corrected chi connectivity index (χ4v) is 3.26. The SMILES string of the molecule is NC1C(=O)N(c2ccc(Br)cc2)C1c1ccc(Cl)cc1Cl. The topological polar surface area (TPSA) is 46.3 Å². The van der Waals surface area contributed by atoms with Crippen LogP contribution in [0.4, 0.5) is 5.69 Å². The average Bonchev–Trinajstić information content (AvgIpc) is 2.46. The predicted octanol–water partition coefficient (Wildman–Crippen LogP) is 4.17. The van der Waals surface area contributed by atoms with Crippen LogP contribution >= 0.6 is 39.1 Å². The molecule has 1 fully saturated rings. The van der Waals surface area contributed by atoms with Crippen LogP contribution < -0.4 is 10.6 Å². The molecule has 1 amide bonds. The molecule has 2 atom stereocenters. The van der Waals surface area contributed by atoms with Crippen molar-refractivity contribution >= 4 is 50.7 Å². The smallest absolute Gasteiger partial charge is 0.247 e. The van der Waals surface area contributed by atoms with Gasteiger partial charge in [0, 0.05) is 20.2 Å². The third-order valence-electron chi connectivity index (χ3n) is 3.53. The molecule has 1 aliphatic rings. The maximum atomic E-state index is 12.1. The van der Waals surface area contributed by atoms with E-state index in [1.807, 2.05) is 30.3 Å². The second kappa shape index (κ2) is 5.61. The fraction of sp³-hybridized carbons (Fsp3) is 0.133. The van der Waals surface area contributed by atoms with Gasteiger partial charge < -0.3 is 10.6 Å². The molecule has 0 spiro atoms. The van der Waals surface area contributed by atoms with E-state index in [1.165, 1.54) is 0 Å². The van der Waals surface area contributed by atoms with Crippen molar-refractivity contribution in [3.63, 3.8) is 0 Å². The molecule has 0 aliphatic carbocycles. The molecule has 2 N–H and O–H groups in total. The summed E-state index contributed by atoms with van der Waals surface area (Å²) in [6.45, 7) is 0. The van der Waals surface area contributed by atoms with E-state index in [4.69, 9.17) is 28.9 Å². The normalized spacial score (nSPS) is 21.3. The third-order valence-corrected chi connectivity index (χ3v) is 4.62. The summed E-state index contributed by atoms with van der Waals surface area (Å²) < 4.78 is 0.949. The summed E-state index contributed by atoms with van der Waals surface area (Å²) in [5.74, 6) is -0.117. The first-order valence-electron chi connectivity index (χ1n) is 6.28. The minimum Gasteiger partial charge on any atom is -0.318 e. The lowest BCUT2D eigenvalue weighted by atomic mass is 9.88. The molecule has 2 aromatic carbocycles. The molecule has 2 unspecified atom stereocenters. The van der Waals surface area contributed by atoms with Crippen LogP contribution in [0.15, 0.2) is 46.9 Å². The number of halogens is 3. The Labute approximate surface area is 140 Å². The number of hydrogen-bond donors (Lipinski definition) is 1. The minimum absolute atomic E-state index is 0.117. The van der Waals surface area contributed by atoms with Gasteiger partial charge in [-0.05, 0) is 42.0 Å². The van der Waals surface area contributed by atoms with Gasteiger partial charge in [-0.3, -0.25) is 4.79 Å². The number of carbonyl (C=O) groups is 1. The van der Waals surface area contributed by atoms with Crippen LogP contribution in [0.3, 0.4) is 0 Å². The van der Waals surface area contributed by atoms with Gasteiger partial charge in [-0.25, -0.2) is 0 Å². The zero-order chi connectivity index (χ0) is 15.1. The van der Waals surface area contributed by atoms with E-state index < -0.39 is 6.04 Å². The lowest BCUT2D eigenvalue weighted by Gasteiger charge is -2.46. The number of nitrogens with zero attached hydrogens (tertiary/aromatic N) is 1. The van der Waals surface area contributed by atoms with Crippen molar-refractivity contribution in [2.75, 3.05) is 4.90 Å². The second-order valence-corrected chi connectivity index (χ2v) is 6.58. The van der Waals surface area contributed by atoms with Gasteiger partial charge in [0.05, 0.1) is 6.04 Å². The van der Waals surface area contributed by atoms with Crippen LogP contribution in [-0.2, 0) is 4.79 Å². The highest BCUT2D eigenvalue weighted by Crippen LogP contribution is 2.41. The number of anilines is 1. The van der Waals surface area contributed by atoms with Crippen LogP contribution in [-0.4, -0.2) is 11.9 Å². The Kier molecular flexibility index (Phi) is 3.97. The molecule has 0 radical (unpaired) electrons. The summed E-state index contributed by atoms with van der Waals surface area (Å²) in [6, 6.07) is 11.9. The average molecular weight is 386 g/mol. The maximum absolute atomic E-state index is 12.1. The Morgan fingerprint density at radius 1 is 1.10 bits per heavy atom. The van der Waals surface area contributed by atoms with E-state index in [2.05, 4.69) is 15.9 Å². The van der Waals surface area contributed by atoms with E-state index in [0.29, 0.717) is 10.0 Å². The van der Waals surface area contributed by atoms with Gasteiger partial charge in [0.1, 0.15) is 6.04 Å². The molecule has 1 saturated heterocycles. The summed E-state index contributed by atoms with van der Waals surface area (Å²) in [6.07, 6.45) is 0. The van der Waals surface area contributed by atoms with Gasteiger partial charge in [0.15, 0.2) is 0 Å². The molecule has 1 aliphatic heterocycles. The van der Waals surface area contributed by atoms with E-state index in [9.17, 15) is 4.79 Å². The van der Waals surface area contributed by atoms with Gasteiger partial charge in [0.25, 0.3) is 0 Å². The molecule has 2 aromatic rings. The molecule has 21 heavy (non-hydrogen) atoms. The lowest BCUT2D eigenvalue weighted by Crippen LogP contribution is -2.63. The number of carbonyl (C=O) groups excluding carboxylic acids is 1. The minimum atomic E-state index is -0.590. The molecule has 0 aromatic heterocycles. The monoisotopic (exact) mass is 384 g/mol. The Bertz CT molecular complexity index is 705. The first-order valence-corrected chi connectivity index (χ1v) is 7.83. The van der Waals surface area contributed by atoms with E-state index in [-0.39, 0.29) is 11.9 Å². The van der Waals surface area contributed by atoms with Crippen LogP contribution in [0.2, 0.25) is 10.0 Å². The largest absolute Gasteiger partial charge is 0.318 e. The lowest BCUT2D eigenvalue weighted by molar-refractivity contribution is -0.126. The fourth-order valence-electron chi connectivity index (χ4n) is 2.47. The Morgan fingerprint density at radius 2 is 1.76 bits per heavy atom. The van der Waals surface area contributed by atoms with Gasteiger partial charge in [-0.2, -0.15) is 0 Å². The molecule has 3 rings (SSSR count). The van der Waals surface area contributed by atoms with Crippen LogP contribution in [0.25, 0.3) is 0 Å². The van der Waals surface area contributed by atoms with E-state index in [0.717, 1.165) is 15.7 Å². The molecular weight excluding hydrogens is 375 g/mol. The van der Waals surface area contributed by atoms with Crippen molar-refractivity contribution in [3.8, 4) is 0 Å². The van der Waals surface area contributed by atoms with Crippen molar-refractivity contribution in [2.45, 2.75) is 12.1 Å². The molecule has 0 saturated carbocycles. The number of β-lactam (4-membered cyclic amide) rings is 1. The van der Waals surface area contributed by atoms with Gasteiger partial charge in [0.2, 0.25) is 5.91 Å². The highest BCUT2D eigenvalue weighted by Gasteiger charge is 2.47. The first-order chi connectivity index (χ1) is 9.99. The summed E-state index contributed by atoms with van der Waals surface area (Å²) in [5.41, 5.74) is 7.57. The number of amides is 1. The molecule has 1 heterocycles. The second-order valence-electron chi connectivity index (χ2n) is 4.82. The van der Waals surface area contributed by atoms with Crippen LogP contribution in [0.5, 0.6) is 0 Å². The molecule has 6 heteroatoms. The van der Waals surface area contributed by atoms with Crippen molar-refractivity contribution in [1.82, 2.24) is 0 Å². The Morgan fingerprint density at radius 3 is 2.38 bits per heavy atom. The summed E-state index contributed by atoms with van der Waals surface area (Å²) in [4.78, 5) is 13.8. The molecule has 108 valence electrons. The number of benzene rings is 2. The van der Waals surface area contributed by atoms with Crippen LogP contribution in [0.1, 0.15) is 11.6 Å². The third kappa shape index (κ3) is 2.57. The van der Waals surface area contributed by atoms with Crippen molar-refractivity contribution in [3.05, 3.63) is 62.5 Å². The zero-order valence-electron chi connectivity index (χ0n) is 10.8. The number of rotatable bonds is 2. The zero-order valence-corrected chi connectivity index (χ0v) is 13.9. The highest BCUT2D eigenvalue weighted by atomic mass is 79.9. The van der Waals surface area contributed by atoms with Gasteiger partial charge >= 0.3 is 0 Å².